The highest BCUT2D eigenvalue weighted by molar-refractivity contribution is 5.98. The van der Waals surface area contributed by atoms with Gasteiger partial charge in [0, 0.05) is 30.3 Å². The van der Waals surface area contributed by atoms with E-state index in [0.29, 0.717) is 29.2 Å². The molecule has 1 saturated heterocycles. The fourth-order valence-corrected chi connectivity index (χ4v) is 4.35. The van der Waals surface area contributed by atoms with Crippen molar-refractivity contribution >= 4 is 11.8 Å². The van der Waals surface area contributed by atoms with Crippen molar-refractivity contribution in [2.75, 3.05) is 20.8 Å². The number of likely N-dealkylation sites (tertiary alicyclic amines) is 1. The highest BCUT2D eigenvalue weighted by Crippen LogP contribution is 2.39. The van der Waals surface area contributed by atoms with Crippen LogP contribution in [0.3, 0.4) is 0 Å². The van der Waals surface area contributed by atoms with Crippen LogP contribution in [0.1, 0.15) is 33.6 Å². The van der Waals surface area contributed by atoms with Crippen LogP contribution in [-0.2, 0) is 0 Å². The molecule has 0 aromatic heterocycles. The molecule has 2 bridgehead atoms. The molecule has 2 aromatic carbocycles. The fourth-order valence-electron chi connectivity index (χ4n) is 4.35. The minimum atomic E-state index is -0.0483. The molecule has 0 radical (unpaired) electrons. The van der Waals surface area contributed by atoms with Crippen molar-refractivity contribution in [3.63, 3.8) is 0 Å². The van der Waals surface area contributed by atoms with Crippen molar-refractivity contribution in [1.29, 1.82) is 0 Å². The van der Waals surface area contributed by atoms with Crippen LogP contribution in [0.15, 0.2) is 48.5 Å². The lowest BCUT2D eigenvalue weighted by molar-refractivity contribution is 0.0676. The molecule has 2 aliphatic rings. The monoisotopic (exact) mass is 380 g/mol. The summed E-state index contributed by atoms with van der Waals surface area (Å²) in [4.78, 5) is 27.4. The summed E-state index contributed by atoms with van der Waals surface area (Å²) >= 11 is 0. The summed E-state index contributed by atoms with van der Waals surface area (Å²) in [5.74, 6) is 1.37. The van der Waals surface area contributed by atoms with Crippen molar-refractivity contribution in [1.82, 2.24) is 10.2 Å². The van der Waals surface area contributed by atoms with Crippen molar-refractivity contribution in [3.05, 3.63) is 59.7 Å². The van der Waals surface area contributed by atoms with E-state index in [-0.39, 0.29) is 29.8 Å². The van der Waals surface area contributed by atoms with Crippen molar-refractivity contribution in [2.45, 2.75) is 24.9 Å². The van der Waals surface area contributed by atoms with Gasteiger partial charge in [0.05, 0.1) is 19.8 Å². The Morgan fingerprint density at radius 2 is 1.82 bits per heavy atom. The van der Waals surface area contributed by atoms with Crippen LogP contribution in [0.2, 0.25) is 0 Å². The van der Waals surface area contributed by atoms with Gasteiger partial charge >= 0.3 is 0 Å². The highest BCUT2D eigenvalue weighted by Gasteiger charge is 2.47. The van der Waals surface area contributed by atoms with Crippen LogP contribution in [0.4, 0.5) is 0 Å². The first-order valence-corrected chi connectivity index (χ1v) is 9.49. The van der Waals surface area contributed by atoms with Gasteiger partial charge in [-0.05, 0) is 43.0 Å². The number of nitrogens with one attached hydrogen (secondary N) is 1. The third-order valence-corrected chi connectivity index (χ3v) is 5.79. The van der Waals surface area contributed by atoms with Crippen LogP contribution in [0, 0.1) is 5.92 Å². The molecule has 1 heterocycles. The lowest BCUT2D eigenvalue weighted by Gasteiger charge is -2.32. The number of hydrogen-bond donors (Lipinski definition) is 1. The summed E-state index contributed by atoms with van der Waals surface area (Å²) in [6.07, 6.45) is 1.71. The molecule has 2 aromatic rings. The number of piperidine rings is 1. The van der Waals surface area contributed by atoms with Gasteiger partial charge in [0.1, 0.15) is 11.5 Å². The number of fused-ring (bicyclic) bond motifs is 2. The van der Waals surface area contributed by atoms with Gasteiger partial charge in [-0.25, -0.2) is 0 Å². The van der Waals surface area contributed by atoms with Crippen LogP contribution < -0.4 is 14.8 Å². The molecule has 1 aliphatic carbocycles. The minimum Gasteiger partial charge on any atom is -0.497 e. The van der Waals surface area contributed by atoms with Gasteiger partial charge in [0.25, 0.3) is 11.8 Å². The molecule has 0 unspecified atom stereocenters. The van der Waals surface area contributed by atoms with E-state index in [2.05, 4.69) is 5.32 Å². The van der Waals surface area contributed by atoms with Gasteiger partial charge in [-0.2, -0.15) is 0 Å². The molecule has 28 heavy (non-hydrogen) atoms. The minimum absolute atomic E-state index is 0.0279. The summed E-state index contributed by atoms with van der Waals surface area (Å²) in [6.45, 7) is 0.651. The molecule has 6 heteroatoms. The smallest absolute Gasteiger partial charge is 0.257 e. The summed E-state index contributed by atoms with van der Waals surface area (Å²) in [6, 6.07) is 14.7. The fraction of sp³-hybridized carbons (Fsp3) is 0.364. The van der Waals surface area contributed by atoms with E-state index in [4.69, 9.17) is 9.47 Å². The zero-order chi connectivity index (χ0) is 19.7. The van der Waals surface area contributed by atoms with E-state index in [0.717, 1.165) is 12.8 Å². The highest BCUT2D eigenvalue weighted by atomic mass is 16.5. The van der Waals surface area contributed by atoms with Crippen molar-refractivity contribution in [2.24, 2.45) is 5.92 Å². The summed E-state index contributed by atoms with van der Waals surface area (Å²) in [7, 11) is 3.14. The lowest BCUT2D eigenvalue weighted by Crippen LogP contribution is -2.47. The Labute approximate surface area is 164 Å². The number of carbonyl (C=O) groups excluding carboxylic acids is 2. The largest absolute Gasteiger partial charge is 0.497 e. The Bertz CT molecular complexity index is 883. The predicted molar refractivity (Wildman–Crippen MR) is 105 cm³/mol. The number of hydrogen-bond acceptors (Lipinski definition) is 4. The molecule has 1 N–H and O–H groups in total. The van der Waals surface area contributed by atoms with Crippen molar-refractivity contribution in [3.8, 4) is 11.5 Å². The number of rotatable bonds is 5. The molecule has 6 nitrogen and oxygen atoms in total. The molecule has 2 amide bonds. The van der Waals surface area contributed by atoms with Gasteiger partial charge in [0.2, 0.25) is 0 Å². The first-order valence-electron chi connectivity index (χ1n) is 9.49. The Hall–Kier alpha value is -3.02. The van der Waals surface area contributed by atoms with E-state index < -0.39 is 0 Å². The standard InChI is InChI=1S/C22H24N2O4/c1-27-17-8-9-18(20(12-17)28-2)22(26)24-13-15-10-16(24)11-19(15)23-21(25)14-6-4-3-5-7-14/h3-9,12,15-16,19H,10-11,13H2,1-2H3,(H,23,25)/t15-,16-,19-/m0/s1. The zero-order valence-electron chi connectivity index (χ0n) is 16.1. The predicted octanol–water partition coefficient (Wildman–Crippen LogP) is 2.74. The van der Waals surface area contributed by atoms with Crippen LogP contribution in [0.5, 0.6) is 11.5 Å². The third-order valence-electron chi connectivity index (χ3n) is 5.79. The second kappa shape index (κ2) is 7.54. The summed E-state index contributed by atoms with van der Waals surface area (Å²) in [5, 5.41) is 3.15. The first kappa shape index (κ1) is 18.3. The number of benzene rings is 2. The average molecular weight is 380 g/mol. The van der Waals surface area contributed by atoms with Gasteiger partial charge in [0.15, 0.2) is 0 Å². The number of carbonyl (C=O) groups is 2. The first-order chi connectivity index (χ1) is 13.6. The number of methoxy groups -OCH3 is 2. The molecule has 3 atom stereocenters. The molecule has 1 aliphatic heterocycles. The molecular weight excluding hydrogens is 356 g/mol. The average Bonchev–Trinajstić information content (AvgIpc) is 3.33. The maximum atomic E-state index is 13.1. The summed E-state index contributed by atoms with van der Waals surface area (Å²) < 4.78 is 10.6. The van der Waals surface area contributed by atoms with Crippen LogP contribution in [-0.4, -0.2) is 49.6 Å². The molecule has 0 spiro atoms. The van der Waals surface area contributed by atoms with Gasteiger partial charge < -0.3 is 19.7 Å². The molecule has 4 rings (SSSR count). The van der Waals surface area contributed by atoms with E-state index in [1.165, 1.54) is 0 Å². The Morgan fingerprint density at radius 3 is 2.46 bits per heavy atom. The normalized spacial score (nSPS) is 22.8. The number of nitrogens with zero attached hydrogens (tertiary/aromatic N) is 1. The third kappa shape index (κ3) is 3.30. The van der Waals surface area contributed by atoms with Crippen LogP contribution >= 0.6 is 0 Å². The van der Waals surface area contributed by atoms with Crippen molar-refractivity contribution < 1.29 is 19.1 Å². The molecule has 1 saturated carbocycles. The van der Waals surface area contributed by atoms with E-state index in [1.54, 1.807) is 32.4 Å². The molecule has 146 valence electrons. The van der Waals surface area contributed by atoms with Gasteiger partial charge in [-0.1, -0.05) is 18.2 Å². The van der Waals surface area contributed by atoms with Gasteiger partial charge in [-0.3, -0.25) is 9.59 Å². The Kier molecular flexibility index (Phi) is 4.94. The van der Waals surface area contributed by atoms with Crippen LogP contribution in [0.25, 0.3) is 0 Å². The Balaban J connectivity index is 1.43. The SMILES string of the molecule is COc1ccc(C(=O)N2C[C@@H]3C[C@H]2C[C@@H]3NC(=O)c2ccccc2)c(OC)c1. The van der Waals surface area contributed by atoms with E-state index in [1.807, 2.05) is 35.2 Å². The maximum Gasteiger partial charge on any atom is 0.257 e. The molecule has 2 fully saturated rings. The lowest BCUT2D eigenvalue weighted by atomic mass is 10.0. The van der Waals surface area contributed by atoms with E-state index in [9.17, 15) is 9.59 Å². The topological polar surface area (TPSA) is 67.9 Å². The molecular formula is C22H24N2O4. The second-order valence-corrected chi connectivity index (χ2v) is 7.36. The number of amides is 2. The quantitative estimate of drug-likeness (QED) is 0.866. The van der Waals surface area contributed by atoms with Gasteiger partial charge in [-0.15, -0.1) is 0 Å². The number of ether oxygens (including phenoxy) is 2. The zero-order valence-corrected chi connectivity index (χ0v) is 16.1. The summed E-state index contributed by atoms with van der Waals surface area (Å²) in [5.41, 5.74) is 1.21. The van der Waals surface area contributed by atoms with E-state index >= 15 is 0 Å². The maximum absolute atomic E-state index is 13.1. The Morgan fingerprint density at radius 1 is 1.04 bits per heavy atom. The second-order valence-electron chi connectivity index (χ2n) is 7.36.